The molecule has 1 aromatic carbocycles. The van der Waals surface area contributed by atoms with Crippen LogP contribution in [0.1, 0.15) is 66.7 Å². The molecule has 4 rings (SSSR count). The summed E-state index contributed by atoms with van der Waals surface area (Å²) in [6.07, 6.45) is 7.37. The van der Waals surface area contributed by atoms with Crippen LogP contribution < -0.4 is 9.80 Å². The minimum Gasteiger partial charge on any atom is -0.465 e. The van der Waals surface area contributed by atoms with Crippen molar-refractivity contribution in [3.8, 4) is 0 Å². The van der Waals surface area contributed by atoms with Crippen molar-refractivity contribution in [2.24, 2.45) is 17.8 Å². The Hall–Kier alpha value is -2.78. The summed E-state index contributed by atoms with van der Waals surface area (Å²) in [7, 11) is 0. The minimum absolute atomic E-state index is 0.0938. The molecule has 3 heterocycles. The summed E-state index contributed by atoms with van der Waals surface area (Å²) >= 11 is 1.62. The number of ether oxygens (including phenoxy) is 1. The largest absolute Gasteiger partial charge is 0.465 e. The van der Waals surface area contributed by atoms with E-state index in [4.69, 9.17) is 4.74 Å². The summed E-state index contributed by atoms with van der Waals surface area (Å²) < 4.78 is 4.49. The zero-order valence-electron chi connectivity index (χ0n) is 27.2. The van der Waals surface area contributed by atoms with Gasteiger partial charge in [0.15, 0.2) is 0 Å². The first-order valence-corrected chi connectivity index (χ1v) is 17.0. The van der Waals surface area contributed by atoms with E-state index in [-0.39, 0.29) is 36.9 Å². The molecule has 0 saturated carbocycles. The van der Waals surface area contributed by atoms with E-state index in [1.807, 2.05) is 51.1 Å². The van der Waals surface area contributed by atoms with Crippen molar-refractivity contribution in [3.05, 3.63) is 49.6 Å². The maximum absolute atomic E-state index is 14.9. The van der Waals surface area contributed by atoms with Gasteiger partial charge in [0.25, 0.3) is 5.91 Å². The van der Waals surface area contributed by atoms with Gasteiger partial charge in [-0.05, 0) is 83.1 Å². The highest BCUT2D eigenvalue weighted by molar-refractivity contribution is 8.02. The van der Waals surface area contributed by atoms with Crippen molar-refractivity contribution in [1.29, 1.82) is 0 Å². The lowest BCUT2D eigenvalue weighted by atomic mass is 9.66. The number of thioether (sulfide) groups is 1. The summed E-state index contributed by atoms with van der Waals surface area (Å²) in [6, 6.07) is 6.55. The second kappa shape index (κ2) is 14.1. The highest BCUT2D eigenvalue weighted by Gasteiger charge is 2.78. The normalized spacial score (nSPS) is 27.8. The zero-order chi connectivity index (χ0) is 32.2. The summed E-state index contributed by atoms with van der Waals surface area (Å²) in [4.78, 5) is 48.8. The molecule has 1 N–H and O–H groups in total. The van der Waals surface area contributed by atoms with Gasteiger partial charge in [0.2, 0.25) is 5.91 Å². The summed E-state index contributed by atoms with van der Waals surface area (Å²) in [6.45, 7) is 19.9. The molecule has 44 heavy (non-hydrogen) atoms. The number of fused-ring (bicyclic) bond motifs is 1. The molecule has 8 nitrogen and oxygen atoms in total. The minimum atomic E-state index is -0.834. The number of aliphatic hydroxyl groups is 1. The second-order valence-corrected chi connectivity index (χ2v) is 14.7. The Labute approximate surface area is 267 Å². The van der Waals surface area contributed by atoms with Gasteiger partial charge in [-0.25, -0.2) is 0 Å². The first-order chi connectivity index (χ1) is 21.0. The third-order valence-electron chi connectivity index (χ3n) is 9.93. The molecule has 9 heteroatoms. The van der Waals surface area contributed by atoms with Gasteiger partial charge < -0.3 is 24.5 Å². The standard InChI is InChI=1S/C35H51N3O5S/c1-8-12-13-14-22-43-33(42)29-28-31(40)38(27(23-39)24(5)6)30(35(28)20-19-34(29,7)44-35)32(41)37(21-9-2)26-17-15-25(16-18-26)36(10-3)11-4/h8-9,15-18,24,27-30,39H,1-2,10-14,19-23H2,3-7H3/t27-,28-,29+,30?,34-,35?/m0/s1. The van der Waals surface area contributed by atoms with Crippen LogP contribution in [0, 0.1) is 17.8 Å². The van der Waals surface area contributed by atoms with Gasteiger partial charge in [0, 0.05) is 35.8 Å². The number of anilines is 2. The van der Waals surface area contributed by atoms with Gasteiger partial charge in [-0.3, -0.25) is 14.4 Å². The van der Waals surface area contributed by atoms with E-state index in [0.29, 0.717) is 19.4 Å². The van der Waals surface area contributed by atoms with Crippen molar-refractivity contribution in [2.45, 2.75) is 88.3 Å². The number of nitrogens with zero attached hydrogens (tertiary/aromatic N) is 3. The lowest BCUT2D eigenvalue weighted by molar-refractivity contribution is -0.156. The first kappa shape index (κ1) is 34.1. The SMILES string of the molecule is C=CCCCCOC(=O)[C@H]1[C@H]2C(=O)N([C@@H](CO)C(C)C)C(C(=O)N(CC=C)c3ccc(N(CC)CC)cc3)C23CC[C@]1(C)S3. The third-order valence-corrected chi connectivity index (χ3v) is 11.9. The fourth-order valence-electron chi connectivity index (χ4n) is 7.66. The Kier molecular flexibility index (Phi) is 10.9. The van der Waals surface area contributed by atoms with Crippen LogP contribution in [0.5, 0.6) is 0 Å². The van der Waals surface area contributed by atoms with Crippen molar-refractivity contribution < 1.29 is 24.2 Å². The zero-order valence-corrected chi connectivity index (χ0v) is 28.0. The fraction of sp³-hybridized carbons (Fsp3) is 0.629. The van der Waals surface area contributed by atoms with Crippen LogP contribution in [0.2, 0.25) is 0 Å². The number of benzene rings is 1. The summed E-state index contributed by atoms with van der Waals surface area (Å²) in [5, 5.41) is 10.6. The highest BCUT2D eigenvalue weighted by atomic mass is 32.2. The molecular weight excluding hydrogens is 574 g/mol. The van der Waals surface area contributed by atoms with Crippen LogP contribution in [0.25, 0.3) is 0 Å². The van der Waals surface area contributed by atoms with Crippen LogP contribution in [-0.4, -0.2) is 82.2 Å². The number of esters is 1. The van der Waals surface area contributed by atoms with Crippen molar-refractivity contribution in [2.75, 3.05) is 42.6 Å². The second-order valence-electron chi connectivity index (χ2n) is 12.8. The lowest BCUT2D eigenvalue weighted by Gasteiger charge is -2.40. The van der Waals surface area contributed by atoms with Gasteiger partial charge in [-0.1, -0.05) is 26.0 Å². The Morgan fingerprint density at radius 1 is 1.11 bits per heavy atom. The number of likely N-dealkylation sites (tertiary alicyclic amines) is 1. The number of unbranched alkanes of at least 4 members (excludes halogenated alkanes) is 2. The molecule has 3 fully saturated rings. The van der Waals surface area contributed by atoms with Crippen molar-refractivity contribution in [3.63, 3.8) is 0 Å². The van der Waals surface area contributed by atoms with E-state index >= 15 is 0 Å². The Morgan fingerprint density at radius 2 is 1.77 bits per heavy atom. The Bertz CT molecular complexity index is 1220. The molecule has 0 aliphatic carbocycles. The van der Waals surface area contributed by atoms with E-state index in [0.717, 1.165) is 43.7 Å². The molecule has 6 atom stereocenters. The first-order valence-electron chi connectivity index (χ1n) is 16.2. The molecular formula is C35H51N3O5S. The number of hydrogen-bond donors (Lipinski definition) is 1. The maximum atomic E-state index is 14.9. The van der Waals surface area contributed by atoms with Crippen LogP contribution in [0.15, 0.2) is 49.6 Å². The van der Waals surface area contributed by atoms with Gasteiger partial charge >= 0.3 is 5.97 Å². The van der Waals surface area contributed by atoms with Gasteiger partial charge in [-0.15, -0.1) is 24.9 Å². The smallest absolute Gasteiger partial charge is 0.311 e. The monoisotopic (exact) mass is 625 g/mol. The molecule has 3 aliphatic rings. The summed E-state index contributed by atoms with van der Waals surface area (Å²) in [5.41, 5.74) is 1.80. The van der Waals surface area contributed by atoms with E-state index < -0.39 is 33.4 Å². The lowest BCUT2D eigenvalue weighted by Crippen LogP contribution is -2.58. The Morgan fingerprint density at radius 3 is 2.34 bits per heavy atom. The highest BCUT2D eigenvalue weighted by Crippen LogP contribution is 2.72. The number of amides is 2. The molecule has 242 valence electrons. The topological polar surface area (TPSA) is 90.4 Å². The number of carbonyl (C=O) groups is 3. The van der Waals surface area contributed by atoms with Gasteiger partial charge in [0.1, 0.15) is 6.04 Å². The molecule has 0 radical (unpaired) electrons. The molecule has 3 aliphatic heterocycles. The number of aliphatic hydroxyl groups excluding tert-OH is 1. The number of carbonyl (C=O) groups excluding carboxylic acids is 3. The Balaban J connectivity index is 1.74. The summed E-state index contributed by atoms with van der Waals surface area (Å²) in [5.74, 6) is -2.22. The van der Waals surface area contributed by atoms with Crippen LogP contribution in [-0.2, 0) is 19.1 Å². The van der Waals surface area contributed by atoms with Crippen LogP contribution in [0.3, 0.4) is 0 Å². The molecule has 0 aromatic heterocycles. The van der Waals surface area contributed by atoms with E-state index in [2.05, 4.69) is 31.9 Å². The van der Waals surface area contributed by atoms with Gasteiger partial charge in [-0.2, -0.15) is 0 Å². The average molecular weight is 626 g/mol. The van der Waals surface area contributed by atoms with E-state index in [9.17, 15) is 19.5 Å². The quantitative estimate of drug-likeness (QED) is 0.148. The molecule has 1 aromatic rings. The fourth-order valence-corrected chi connectivity index (χ4v) is 9.99. The van der Waals surface area contributed by atoms with E-state index in [1.54, 1.807) is 27.6 Å². The number of allylic oxidation sites excluding steroid dienone is 1. The predicted octanol–water partition coefficient (Wildman–Crippen LogP) is 5.45. The predicted molar refractivity (Wildman–Crippen MR) is 179 cm³/mol. The van der Waals surface area contributed by atoms with E-state index in [1.165, 1.54) is 0 Å². The third kappa shape index (κ3) is 5.94. The van der Waals surface area contributed by atoms with Gasteiger partial charge in [0.05, 0.1) is 35.8 Å². The molecule has 2 amide bonds. The molecule has 3 saturated heterocycles. The van der Waals surface area contributed by atoms with Crippen molar-refractivity contribution in [1.82, 2.24) is 4.90 Å². The average Bonchev–Trinajstić information content (AvgIpc) is 3.57. The van der Waals surface area contributed by atoms with Crippen LogP contribution >= 0.6 is 11.8 Å². The van der Waals surface area contributed by atoms with Crippen molar-refractivity contribution >= 4 is 40.9 Å². The number of rotatable bonds is 16. The van der Waals surface area contributed by atoms with Crippen LogP contribution in [0.4, 0.5) is 11.4 Å². The molecule has 2 bridgehead atoms. The molecule has 1 spiro atoms. The number of hydrogen-bond acceptors (Lipinski definition) is 7. The molecule has 2 unspecified atom stereocenters. The maximum Gasteiger partial charge on any atom is 0.311 e.